The maximum Gasteiger partial charge on any atom is 0.0970 e. The standard InChI is InChI=1S/C24H48N2/c1-5-6-7-8-9-10-11-12-13-14-15-16-17-18-19-20-23-25-22(2)21-24(3,4)26-23/h22H,5-21H2,1-4H3,(H,25,26). The Hall–Kier alpha value is -0.530. The molecule has 1 aliphatic heterocycles. The van der Waals surface area contributed by atoms with Crippen LogP contribution in [0.1, 0.15) is 137 Å². The zero-order valence-electron chi connectivity index (χ0n) is 18.5. The van der Waals surface area contributed by atoms with E-state index in [1.54, 1.807) is 0 Å². The van der Waals surface area contributed by atoms with Crippen LogP contribution >= 0.6 is 0 Å². The van der Waals surface area contributed by atoms with Gasteiger partial charge in [0.2, 0.25) is 0 Å². The highest BCUT2D eigenvalue weighted by Gasteiger charge is 2.26. The van der Waals surface area contributed by atoms with Crippen LogP contribution in [0.4, 0.5) is 0 Å². The Balaban J connectivity index is 1.83. The van der Waals surface area contributed by atoms with Crippen LogP contribution in [-0.4, -0.2) is 17.4 Å². The van der Waals surface area contributed by atoms with Crippen molar-refractivity contribution in [3.05, 3.63) is 0 Å². The summed E-state index contributed by atoms with van der Waals surface area (Å²) in [5.41, 5.74) is 0.228. The topological polar surface area (TPSA) is 24.4 Å². The van der Waals surface area contributed by atoms with E-state index in [0.29, 0.717) is 6.04 Å². The molecule has 0 spiro atoms. The number of aliphatic imine (C=N–C) groups is 1. The molecule has 2 nitrogen and oxygen atoms in total. The molecule has 0 aromatic rings. The fourth-order valence-corrected chi connectivity index (χ4v) is 4.31. The molecule has 0 fully saturated rings. The molecule has 1 atom stereocenters. The van der Waals surface area contributed by atoms with Crippen molar-refractivity contribution in [1.29, 1.82) is 0 Å². The molecule has 0 aromatic carbocycles. The summed E-state index contributed by atoms with van der Waals surface area (Å²) in [5.74, 6) is 1.25. The van der Waals surface area contributed by atoms with Gasteiger partial charge in [-0.3, -0.25) is 4.99 Å². The van der Waals surface area contributed by atoms with Crippen molar-refractivity contribution in [2.45, 2.75) is 148 Å². The summed E-state index contributed by atoms with van der Waals surface area (Å²) in [6, 6.07) is 0.484. The van der Waals surface area contributed by atoms with Gasteiger partial charge in [-0.25, -0.2) is 0 Å². The summed E-state index contributed by atoms with van der Waals surface area (Å²) in [6.07, 6.45) is 23.7. The molecular formula is C24H48N2. The van der Waals surface area contributed by atoms with Crippen molar-refractivity contribution >= 4 is 5.84 Å². The molecule has 26 heavy (non-hydrogen) atoms. The third kappa shape index (κ3) is 12.8. The predicted molar refractivity (Wildman–Crippen MR) is 118 cm³/mol. The lowest BCUT2D eigenvalue weighted by Crippen LogP contribution is -2.49. The molecule has 0 saturated heterocycles. The molecule has 0 amide bonds. The molecule has 0 saturated carbocycles. The van der Waals surface area contributed by atoms with Gasteiger partial charge < -0.3 is 5.32 Å². The van der Waals surface area contributed by atoms with Crippen LogP contribution in [0.25, 0.3) is 0 Å². The lowest BCUT2D eigenvalue weighted by Gasteiger charge is -2.34. The maximum atomic E-state index is 4.79. The van der Waals surface area contributed by atoms with E-state index in [1.165, 1.54) is 102 Å². The first-order valence-corrected chi connectivity index (χ1v) is 11.9. The number of nitrogens with one attached hydrogen (secondary N) is 1. The van der Waals surface area contributed by atoms with Crippen LogP contribution in [0.2, 0.25) is 0 Å². The summed E-state index contributed by atoms with van der Waals surface area (Å²) in [7, 11) is 0. The minimum Gasteiger partial charge on any atom is -0.369 e. The number of amidine groups is 1. The number of rotatable bonds is 16. The van der Waals surface area contributed by atoms with Crippen molar-refractivity contribution in [1.82, 2.24) is 5.32 Å². The fraction of sp³-hybridized carbons (Fsp3) is 0.958. The predicted octanol–water partition coefficient (Wildman–Crippen LogP) is 7.81. The third-order valence-corrected chi connectivity index (χ3v) is 5.68. The van der Waals surface area contributed by atoms with Crippen LogP contribution in [0.5, 0.6) is 0 Å². The van der Waals surface area contributed by atoms with Crippen molar-refractivity contribution in [3.8, 4) is 0 Å². The summed E-state index contributed by atoms with van der Waals surface area (Å²) < 4.78 is 0. The molecule has 0 aromatic heterocycles. The zero-order chi connectivity index (χ0) is 19.1. The van der Waals surface area contributed by atoms with E-state index < -0.39 is 0 Å². The molecule has 1 rings (SSSR count). The summed E-state index contributed by atoms with van der Waals surface area (Å²) in [6.45, 7) is 9.13. The Kier molecular flexibility index (Phi) is 13.1. The maximum absolute atomic E-state index is 4.79. The van der Waals surface area contributed by atoms with Gasteiger partial charge in [0.1, 0.15) is 0 Å². The monoisotopic (exact) mass is 364 g/mol. The van der Waals surface area contributed by atoms with E-state index in [-0.39, 0.29) is 5.54 Å². The molecule has 1 heterocycles. The second-order valence-electron chi connectivity index (χ2n) is 9.34. The van der Waals surface area contributed by atoms with E-state index in [2.05, 4.69) is 33.0 Å². The highest BCUT2D eigenvalue weighted by Crippen LogP contribution is 2.20. The van der Waals surface area contributed by atoms with Crippen LogP contribution < -0.4 is 5.32 Å². The van der Waals surface area contributed by atoms with E-state index in [1.807, 2.05) is 0 Å². The Morgan fingerprint density at radius 2 is 1.19 bits per heavy atom. The number of unbranched alkanes of at least 4 members (excludes halogenated alkanes) is 14. The van der Waals surface area contributed by atoms with E-state index in [0.717, 1.165) is 12.8 Å². The average molecular weight is 365 g/mol. The van der Waals surface area contributed by atoms with Gasteiger partial charge in [-0.15, -0.1) is 0 Å². The number of nitrogens with zero attached hydrogens (tertiary/aromatic N) is 1. The van der Waals surface area contributed by atoms with Crippen molar-refractivity contribution in [2.75, 3.05) is 0 Å². The average Bonchev–Trinajstić information content (AvgIpc) is 2.56. The van der Waals surface area contributed by atoms with E-state index in [4.69, 9.17) is 4.99 Å². The van der Waals surface area contributed by atoms with Crippen LogP contribution in [0.15, 0.2) is 4.99 Å². The first kappa shape index (κ1) is 23.5. The first-order chi connectivity index (χ1) is 12.5. The SMILES string of the molecule is CCCCCCCCCCCCCCCCCC1=NC(C)CC(C)(C)N1. The second-order valence-corrected chi connectivity index (χ2v) is 9.34. The molecular weight excluding hydrogens is 316 g/mol. The lowest BCUT2D eigenvalue weighted by molar-refractivity contribution is 0.369. The highest BCUT2D eigenvalue weighted by atomic mass is 15.1. The van der Waals surface area contributed by atoms with Crippen molar-refractivity contribution in [2.24, 2.45) is 4.99 Å². The molecule has 0 bridgehead atoms. The number of hydrogen-bond acceptors (Lipinski definition) is 2. The van der Waals surface area contributed by atoms with Crippen LogP contribution in [-0.2, 0) is 0 Å². The fourth-order valence-electron chi connectivity index (χ4n) is 4.31. The van der Waals surface area contributed by atoms with Crippen LogP contribution in [0.3, 0.4) is 0 Å². The van der Waals surface area contributed by atoms with Gasteiger partial charge in [0.25, 0.3) is 0 Å². The molecule has 1 unspecified atom stereocenters. The number of hydrogen-bond donors (Lipinski definition) is 1. The molecule has 0 aliphatic carbocycles. The summed E-state index contributed by atoms with van der Waals surface area (Å²) in [4.78, 5) is 4.79. The Morgan fingerprint density at radius 1 is 0.769 bits per heavy atom. The molecule has 2 heteroatoms. The van der Waals surface area contributed by atoms with Crippen molar-refractivity contribution in [3.63, 3.8) is 0 Å². The summed E-state index contributed by atoms with van der Waals surface area (Å²) in [5, 5.41) is 3.62. The molecule has 1 N–H and O–H groups in total. The van der Waals surface area contributed by atoms with Gasteiger partial charge in [0, 0.05) is 12.0 Å². The van der Waals surface area contributed by atoms with Gasteiger partial charge >= 0.3 is 0 Å². The minimum atomic E-state index is 0.228. The Labute approximate surface area is 165 Å². The van der Waals surface area contributed by atoms with E-state index in [9.17, 15) is 0 Å². The zero-order valence-corrected chi connectivity index (χ0v) is 18.5. The smallest absolute Gasteiger partial charge is 0.0970 e. The largest absolute Gasteiger partial charge is 0.369 e. The normalized spacial score (nSPS) is 19.2. The third-order valence-electron chi connectivity index (χ3n) is 5.68. The quantitative estimate of drug-likeness (QED) is 0.277. The van der Waals surface area contributed by atoms with Gasteiger partial charge in [-0.2, -0.15) is 0 Å². The van der Waals surface area contributed by atoms with E-state index >= 15 is 0 Å². The Morgan fingerprint density at radius 3 is 1.62 bits per heavy atom. The van der Waals surface area contributed by atoms with Crippen LogP contribution in [0, 0.1) is 0 Å². The highest BCUT2D eigenvalue weighted by molar-refractivity contribution is 5.83. The second kappa shape index (κ2) is 14.5. The Bertz CT molecular complexity index is 359. The molecule has 0 radical (unpaired) electrons. The van der Waals surface area contributed by atoms with Gasteiger partial charge in [-0.05, 0) is 33.6 Å². The molecule has 154 valence electrons. The van der Waals surface area contributed by atoms with Gasteiger partial charge in [-0.1, -0.05) is 96.8 Å². The molecule has 1 aliphatic rings. The van der Waals surface area contributed by atoms with Crippen molar-refractivity contribution < 1.29 is 0 Å². The summed E-state index contributed by atoms with van der Waals surface area (Å²) >= 11 is 0. The van der Waals surface area contributed by atoms with Gasteiger partial charge in [0.15, 0.2) is 0 Å². The van der Waals surface area contributed by atoms with Gasteiger partial charge in [0.05, 0.1) is 11.9 Å². The first-order valence-electron chi connectivity index (χ1n) is 11.9. The minimum absolute atomic E-state index is 0.228. The lowest BCUT2D eigenvalue weighted by atomic mass is 9.93.